The lowest BCUT2D eigenvalue weighted by atomic mass is 10.1. The third-order valence-corrected chi connectivity index (χ3v) is 6.48. The van der Waals surface area contributed by atoms with Crippen molar-refractivity contribution in [3.8, 4) is 0 Å². The molecule has 0 saturated carbocycles. The highest BCUT2D eigenvalue weighted by Gasteiger charge is 2.38. The molecule has 0 spiro atoms. The Morgan fingerprint density at radius 3 is 2.62 bits per heavy atom. The van der Waals surface area contributed by atoms with E-state index in [0.717, 1.165) is 31.3 Å². The lowest BCUT2D eigenvalue weighted by molar-refractivity contribution is -0.147. The van der Waals surface area contributed by atoms with Gasteiger partial charge in [-0.3, -0.25) is 4.79 Å². The van der Waals surface area contributed by atoms with Crippen molar-refractivity contribution in [3.05, 3.63) is 78.1 Å². The molecule has 0 fully saturated rings. The van der Waals surface area contributed by atoms with Gasteiger partial charge in [0.05, 0.1) is 28.1 Å². The van der Waals surface area contributed by atoms with E-state index in [1.807, 2.05) is 42.5 Å². The fourth-order valence-electron chi connectivity index (χ4n) is 3.71. The molecule has 6 nitrogen and oxygen atoms in total. The predicted molar refractivity (Wildman–Crippen MR) is 125 cm³/mol. The lowest BCUT2D eigenvalue weighted by Gasteiger charge is -2.21. The van der Waals surface area contributed by atoms with Crippen LogP contribution in [0.2, 0.25) is 0 Å². The van der Waals surface area contributed by atoms with Crippen LogP contribution < -0.4 is 10.7 Å². The van der Waals surface area contributed by atoms with E-state index in [2.05, 4.69) is 20.8 Å². The Balaban J connectivity index is 1.33. The molecule has 0 unspecified atom stereocenters. The number of halogens is 3. The van der Waals surface area contributed by atoms with Crippen LogP contribution in [0.1, 0.15) is 18.3 Å². The second-order valence-electron chi connectivity index (χ2n) is 7.67. The van der Waals surface area contributed by atoms with Crippen molar-refractivity contribution in [2.75, 3.05) is 5.32 Å². The fourth-order valence-corrected chi connectivity index (χ4v) is 4.67. The van der Waals surface area contributed by atoms with Crippen molar-refractivity contribution < 1.29 is 18.0 Å². The number of para-hydroxylation sites is 3. The molecule has 1 aliphatic rings. The van der Waals surface area contributed by atoms with E-state index in [1.165, 1.54) is 12.1 Å². The van der Waals surface area contributed by atoms with E-state index in [9.17, 15) is 18.0 Å². The summed E-state index contributed by atoms with van der Waals surface area (Å²) >= 11 is 1.65. The van der Waals surface area contributed by atoms with Crippen molar-refractivity contribution in [1.82, 2.24) is 15.0 Å². The van der Waals surface area contributed by atoms with Crippen LogP contribution in [0.25, 0.3) is 11.0 Å². The number of benzene rings is 3. The molecule has 0 aliphatic carbocycles. The zero-order chi connectivity index (χ0) is 23.9. The van der Waals surface area contributed by atoms with Crippen LogP contribution in [0.3, 0.4) is 0 Å². The van der Waals surface area contributed by atoms with Gasteiger partial charge >= 0.3 is 6.18 Å². The monoisotopic (exact) mass is 481 g/mol. The Labute approximate surface area is 196 Å². The lowest BCUT2D eigenvalue weighted by Crippen LogP contribution is -2.27. The average molecular weight is 482 g/mol. The number of hydrazone groups is 1. The highest BCUT2D eigenvalue weighted by Crippen LogP contribution is 2.44. The Morgan fingerprint density at radius 2 is 1.79 bits per heavy atom. The molecule has 1 aliphatic heterocycles. The van der Waals surface area contributed by atoms with Crippen molar-refractivity contribution >= 4 is 45.8 Å². The van der Waals surface area contributed by atoms with Crippen LogP contribution in [0.15, 0.2) is 81.6 Å². The van der Waals surface area contributed by atoms with Crippen LogP contribution in [0, 0.1) is 0 Å². The number of imidazole rings is 1. The molecule has 4 aromatic rings. The molecular formula is C24H18F3N5OS. The van der Waals surface area contributed by atoms with Gasteiger partial charge in [-0.05, 0) is 48.9 Å². The van der Waals surface area contributed by atoms with E-state index < -0.39 is 24.5 Å². The van der Waals surface area contributed by atoms with Gasteiger partial charge in [0.1, 0.15) is 6.54 Å². The van der Waals surface area contributed by atoms with Gasteiger partial charge in [-0.15, -0.1) is 0 Å². The van der Waals surface area contributed by atoms with Crippen LogP contribution in [-0.2, 0) is 17.5 Å². The Kier molecular flexibility index (Phi) is 5.52. The van der Waals surface area contributed by atoms with E-state index in [4.69, 9.17) is 0 Å². The molecule has 34 heavy (non-hydrogen) atoms. The number of nitrogens with zero attached hydrogens (tertiary/aromatic N) is 3. The van der Waals surface area contributed by atoms with Crippen LogP contribution >= 0.6 is 11.8 Å². The zero-order valence-electron chi connectivity index (χ0n) is 17.8. The number of alkyl halides is 3. The quantitative estimate of drug-likeness (QED) is 0.251. The van der Waals surface area contributed by atoms with E-state index >= 15 is 0 Å². The SMILES string of the molecule is CC(=NNC(=O)Cn1c(C(F)(F)F)nc2ccccc21)c1ccc2c(c1)Nc1ccccc1S2. The van der Waals surface area contributed by atoms with Crippen molar-refractivity contribution in [1.29, 1.82) is 0 Å². The van der Waals surface area contributed by atoms with E-state index in [0.29, 0.717) is 5.71 Å². The van der Waals surface area contributed by atoms with Crippen molar-refractivity contribution in [2.45, 2.75) is 29.4 Å². The van der Waals surface area contributed by atoms with Crippen LogP contribution in [0.4, 0.5) is 24.5 Å². The molecule has 0 saturated heterocycles. The first-order valence-electron chi connectivity index (χ1n) is 10.3. The predicted octanol–water partition coefficient (Wildman–Crippen LogP) is 5.80. The van der Waals surface area contributed by atoms with Gasteiger partial charge in [0.15, 0.2) is 0 Å². The summed E-state index contributed by atoms with van der Waals surface area (Å²) < 4.78 is 41.2. The number of carbonyl (C=O) groups is 1. The van der Waals surface area contributed by atoms with Crippen LogP contribution in [0.5, 0.6) is 0 Å². The molecule has 5 rings (SSSR count). The zero-order valence-corrected chi connectivity index (χ0v) is 18.7. The summed E-state index contributed by atoms with van der Waals surface area (Å²) in [6, 6.07) is 19.9. The average Bonchev–Trinajstić information content (AvgIpc) is 3.19. The third-order valence-electron chi connectivity index (χ3n) is 5.33. The smallest absolute Gasteiger partial charge is 0.354 e. The summed E-state index contributed by atoms with van der Waals surface area (Å²) in [5.41, 5.74) is 5.98. The molecule has 3 aromatic carbocycles. The molecule has 172 valence electrons. The van der Waals surface area contributed by atoms with E-state index in [-0.39, 0.29) is 11.0 Å². The maximum Gasteiger partial charge on any atom is 0.449 e. The van der Waals surface area contributed by atoms with Gasteiger partial charge in [-0.25, -0.2) is 10.4 Å². The highest BCUT2D eigenvalue weighted by molar-refractivity contribution is 7.99. The Hall–Kier alpha value is -3.79. The van der Waals surface area contributed by atoms with Gasteiger partial charge in [0, 0.05) is 9.79 Å². The van der Waals surface area contributed by atoms with Gasteiger partial charge in [-0.2, -0.15) is 18.3 Å². The summed E-state index contributed by atoms with van der Waals surface area (Å²) in [4.78, 5) is 18.3. The molecular weight excluding hydrogens is 463 g/mol. The second-order valence-corrected chi connectivity index (χ2v) is 8.76. The molecule has 2 heterocycles. The fraction of sp³-hybridized carbons (Fsp3) is 0.125. The molecule has 2 N–H and O–H groups in total. The Bertz CT molecular complexity index is 1440. The van der Waals surface area contributed by atoms with Gasteiger partial charge < -0.3 is 9.88 Å². The van der Waals surface area contributed by atoms with Gasteiger partial charge in [0.2, 0.25) is 5.82 Å². The first kappa shape index (κ1) is 22.0. The highest BCUT2D eigenvalue weighted by atomic mass is 32.2. The standard InChI is InChI=1S/C24H18F3N5OS/c1-14(15-10-11-21-18(12-15)28-17-7-3-5-9-20(17)34-21)30-31-22(33)13-32-19-8-4-2-6-16(19)29-23(32)24(25,26)27/h2-12,28H,13H2,1H3,(H,31,33). The summed E-state index contributed by atoms with van der Waals surface area (Å²) in [5.74, 6) is -1.81. The minimum Gasteiger partial charge on any atom is -0.354 e. The number of aromatic nitrogens is 2. The number of fused-ring (bicyclic) bond motifs is 3. The van der Waals surface area contributed by atoms with Gasteiger partial charge in [-0.1, -0.05) is 42.1 Å². The molecule has 10 heteroatoms. The molecule has 0 radical (unpaired) electrons. The number of nitrogens with one attached hydrogen (secondary N) is 2. The number of anilines is 2. The largest absolute Gasteiger partial charge is 0.449 e. The topological polar surface area (TPSA) is 71.3 Å². The molecule has 1 amide bonds. The number of rotatable bonds is 4. The number of hydrogen-bond donors (Lipinski definition) is 2. The van der Waals surface area contributed by atoms with Crippen molar-refractivity contribution in [2.24, 2.45) is 5.10 Å². The first-order valence-corrected chi connectivity index (χ1v) is 11.1. The minimum absolute atomic E-state index is 0.170. The summed E-state index contributed by atoms with van der Waals surface area (Å²) in [6.45, 7) is 1.16. The third kappa shape index (κ3) is 4.24. The number of amides is 1. The number of hydrogen-bond acceptors (Lipinski definition) is 5. The summed E-state index contributed by atoms with van der Waals surface area (Å²) in [7, 11) is 0. The minimum atomic E-state index is -4.69. The summed E-state index contributed by atoms with van der Waals surface area (Å²) in [6.07, 6.45) is -4.69. The summed E-state index contributed by atoms with van der Waals surface area (Å²) in [5, 5.41) is 7.50. The maximum absolute atomic E-state index is 13.5. The van der Waals surface area contributed by atoms with Crippen LogP contribution in [-0.4, -0.2) is 21.2 Å². The Morgan fingerprint density at radius 1 is 1.06 bits per heavy atom. The normalized spacial score (nSPS) is 13.2. The maximum atomic E-state index is 13.5. The van der Waals surface area contributed by atoms with Gasteiger partial charge in [0.25, 0.3) is 5.91 Å². The molecule has 1 aromatic heterocycles. The van der Waals surface area contributed by atoms with Crippen molar-refractivity contribution in [3.63, 3.8) is 0 Å². The van der Waals surface area contributed by atoms with E-state index in [1.54, 1.807) is 30.8 Å². The number of carbonyl (C=O) groups excluding carboxylic acids is 1. The molecule has 0 atom stereocenters. The molecule has 0 bridgehead atoms. The second kappa shape index (κ2) is 8.53. The first-order chi connectivity index (χ1) is 16.3.